The highest BCUT2D eigenvalue weighted by molar-refractivity contribution is 6.14. The standard InChI is InChI=1S/C23H19NO6/c1-14-11-12-17(22(28)20(14)26)23(29)30-13-19(25)24-18-10-6-5-9-16(18)21(27)15-7-3-2-4-8-15/h2-12,26,28H,13H2,1H3,(H,24,25). The van der Waals surface area contributed by atoms with Crippen molar-refractivity contribution in [3.05, 3.63) is 89.0 Å². The Balaban J connectivity index is 1.68. The van der Waals surface area contributed by atoms with E-state index in [0.717, 1.165) is 0 Å². The predicted molar refractivity (Wildman–Crippen MR) is 110 cm³/mol. The Labute approximate surface area is 172 Å². The van der Waals surface area contributed by atoms with Gasteiger partial charge in [-0.15, -0.1) is 0 Å². The fourth-order valence-corrected chi connectivity index (χ4v) is 2.78. The van der Waals surface area contributed by atoms with Gasteiger partial charge in [0, 0.05) is 11.1 Å². The maximum atomic E-state index is 12.7. The summed E-state index contributed by atoms with van der Waals surface area (Å²) in [4.78, 5) is 37.1. The van der Waals surface area contributed by atoms with E-state index >= 15 is 0 Å². The average Bonchev–Trinajstić information content (AvgIpc) is 2.76. The van der Waals surface area contributed by atoms with Crippen molar-refractivity contribution >= 4 is 23.3 Å². The number of para-hydroxylation sites is 1. The number of aromatic hydroxyl groups is 2. The van der Waals surface area contributed by atoms with E-state index in [2.05, 4.69) is 5.32 Å². The molecule has 0 saturated heterocycles. The van der Waals surface area contributed by atoms with Crippen LogP contribution < -0.4 is 5.32 Å². The van der Waals surface area contributed by atoms with Crippen LogP contribution in [0, 0.1) is 6.92 Å². The Morgan fingerprint density at radius 3 is 2.23 bits per heavy atom. The molecule has 0 bridgehead atoms. The SMILES string of the molecule is Cc1ccc(C(=O)OCC(=O)Nc2ccccc2C(=O)c2ccccc2)c(O)c1O. The first-order valence-corrected chi connectivity index (χ1v) is 9.05. The summed E-state index contributed by atoms with van der Waals surface area (Å²) < 4.78 is 4.92. The lowest BCUT2D eigenvalue weighted by Gasteiger charge is -2.11. The highest BCUT2D eigenvalue weighted by atomic mass is 16.5. The number of benzene rings is 3. The van der Waals surface area contributed by atoms with Crippen LogP contribution in [0.1, 0.15) is 31.8 Å². The molecule has 30 heavy (non-hydrogen) atoms. The Bertz CT molecular complexity index is 1110. The molecule has 3 N–H and O–H groups in total. The molecule has 0 aliphatic heterocycles. The zero-order valence-corrected chi connectivity index (χ0v) is 16.1. The van der Waals surface area contributed by atoms with Crippen molar-refractivity contribution in [2.75, 3.05) is 11.9 Å². The molecular formula is C23H19NO6. The van der Waals surface area contributed by atoms with Crippen LogP contribution >= 0.6 is 0 Å². The highest BCUT2D eigenvalue weighted by Crippen LogP contribution is 2.32. The zero-order valence-electron chi connectivity index (χ0n) is 16.1. The molecule has 7 nitrogen and oxygen atoms in total. The second kappa shape index (κ2) is 8.91. The number of esters is 1. The van der Waals surface area contributed by atoms with E-state index < -0.39 is 30.0 Å². The van der Waals surface area contributed by atoms with Gasteiger partial charge in [0.05, 0.1) is 5.69 Å². The van der Waals surface area contributed by atoms with Crippen molar-refractivity contribution in [3.63, 3.8) is 0 Å². The van der Waals surface area contributed by atoms with Gasteiger partial charge in [-0.2, -0.15) is 0 Å². The number of nitrogens with one attached hydrogen (secondary N) is 1. The topological polar surface area (TPSA) is 113 Å². The summed E-state index contributed by atoms with van der Waals surface area (Å²) in [5, 5.41) is 22.1. The lowest BCUT2D eigenvalue weighted by atomic mass is 10.0. The van der Waals surface area contributed by atoms with Crippen LogP contribution in [0.2, 0.25) is 0 Å². The van der Waals surface area contributed by atoms with Crippen molar-refractivity contribution in [1.82, 2.24) is 0 Å². The number of phenolic OH excluding ortho intramolecular Hbond substituents is 2. The number of aryl methyl sites for hydroxylation is 1. The third-order valence-electron chi connectivity index (χ3n) is 4.39. The highest BCUT2D eigenvalue weighted by Gasteiger charge is 2.19. The van der Waals surface area contributed by atoms with E-state index in [9.17, 15) is 24.6 Å². The summed E-state index contributed by atoms with van der Waals surface area (Å²) in [5.74, 6) is -2.93. The molecule has 1 amide bonds. The molecule has 152 valence electrons. The second-order valence-corrected chi connectivity index (χ2v) is 6.49. The minimum absolute atomic E-state index is 0.259. The van der Waals surface area contributed by atoms with Gasteiger partial charge in [0.15, 0.2) is 23.9 Å². The maximum Gasteiger partial charge on any atom is 0.342 e. The van der Waals surface area contributed by atoms with Crippen LogP contribution in [-0.2, 0) is 9.53 Å². The number of ketones is 1. The van der Waals surface area contributed by atoms with Crippen LogP contribution in [-0.4, -0.2) is 34.5 Å². The van der Waals surface area contributed by atoms with Gasteiger partial charge in [-0.1, -0.05) is 48.5 Å². The van der Waals surface area contributed by atoms with Crippen LogP contribution in [0.3, 0.4) is 0 Å². The van der Waals surface area contributed by atoms with E-state index in [4.69, 9.17) is 4.74 Å². The van der Waals surface area contributed by atoms with Crippen molar-refractivity contribution < 1.29 is 29.3 Å². The van der Waals surface area contributed by atoms with Crippen molar-refractivity contribution in [1.29, 1.82) is 0 Å². The number of anilines is 1. The largest absolute Gasteiger partial charge is 0.504 e. The molecule has 0 atom stereocenters. The van der Waals surface area contributed by atoms with Crippen molar-refractivity contribution in [2.45, 2.75) is 6.92 Å². The van der Waals surface area contributed by atoms with Gasteiger partial charge >= 0.3 is 5.97 Å². The molecule has 3 aromatic rings. The normalized spacial score (nSPS) is 10.3. The number of hydrogen-bond donors (Lipinski definition) is 3. The number of carbonyl (C=O) groups excluding carboxylic acids is 3. The number of rotatable bonds is 6. The Morgan fingerprint density at radius 2 is 1.50 bits per heavy atom. The summed E-state index contributed by atoms with van der Waals surface area (Å²) in [7, 11) is 0. The molecule has 0 fully saturated rings. The van der Waals surface area contributed by atoms with E-state index in [-0.39, 0.29) is 17.0 Å². The average molecular weight is 405 g/mol. The number of phenols is 2. The summed E-state index contributed by atoms with van der Waals surface area (Å²) >= 11 is 0. The minimum atomic E-state index is -0.966. The summed E-state index contributed by atoms with van der Waals surface area (Å²) in [6.07, 6.45) is 0. The molecule has 7 heteroatoms. The van der Waals surface area contributed by atoms with Gasteiger partial charge in [0.2, 0.25) is 0 Å². The van der Waals surface area contributed by atoms with Gasteiger partial charge in [0.1, 0.15) is 5.56 Å². The molecule has 3 aromatic carbocycles. The van der Waals surface area contributed by atoms with Crippen LogP contribution in [0.4, 0.5) is 5.69 Å². The minimum Gasteiger partial charge on any atom is -0.504 e. The number of hydrogen-bond acceptors (Lipinski definition) is 6. The Kier molecular flexibility index (Phi) is 6.12. The third kappa shape index (κ3) is 4.47. The first kappa shape index (κ1) is 20.6. The fourth-order valence-electron chi connectivity index (χ4n) is 2.78. The smallest absolute Gasteiger partial charge is 0.342 e. The Morgan fingerprint density at radius 1 is 0.833 bits per heavy atom. The van der Waals surface area contributed by atoms with Gasteiger partial charge in [-0.05, 0) is 30.7 Å². The first-order chi connectivity index (χ1) is 14.4. The maximum absolute atomic E-state index is 12.7. The lowest BCUT2D eigenvalue weighted by molar-refractivity contribution is -0.119. The summed E-state index contributed by atoms with van der Waals surface area (Å²) in [6.45, 7) is 0.923. The van der Waals surface area contributed by atoms with Crippen LogP contribution in [0.25, 0.3) is 0 Å². The second-order valence-electron chi connectivity index (χ2n) is 6.49. The molecular weight excluding hydrogens is 386 g/mol. The number of carbonyl (C=O) groups is 3. The molecule has 0 aliphatic rings. The third-order valence-corrected chi connectivity index (χ3v) is 4.39. The van der Waals surface area contributed by atoms with Gasteiger partial charge < -0.3 is 20.3 Å². The Hall–Kier alpha value is -4.13. The van der Waals surface area contributed by atoms with E-state index in [1.54, 1.807) is 61.5 Å². The number of ether oxygens (including phenoxy) is 1. The molecule has 0 aliphatic carbocycles. The lowest BCUT2D eigenvalue weighted by Crippen LogP contribution is -2.22. The van der Waals surface area contributed by atoms with Crippen LogP contribution in [0.15, 0.2) is 66.7 Å². The fraction of sp³-hybridized carbons (Fsp3) is 0.0870. The molecule has 0 heterocycles. The van der Waals surface area contributed by atoms with Crippen molar-refractivity contribution in [3.8, 4) is 11.5 Å². The molecule has 0 saturated carbocycles. The molecule has 3 rings (SSSR count). The summed E-state index contributed by atoms with van der Waals surface area (Å²) in [6, 6.07) is 17.9. The first-order valence-electron chi connectivity index (χ1n) is 9.05. The number of amides is 1. The monoisotopic (exact) mass is 405 g/mol. The molecule has 0 spiro atoms. The van der Waals surface area contributed by atoms with Gasteiger partial charge in [-0.25, -0.2) is 4.79 Å². The zero-order chi connectivity index (χ0) is 21.7. The summed E-state index contributed by atoms with van der Waals surface area (Å²) in [5.41, 5.74) is 1.18. The van der Waals surface area contributed by atoms with E-state index in [1.165, 1.54) is 12.1 Å². The quantitative estimate of drug-likeness (QED) is 0.329. The van der Waals surface area contributed by atoms with Crippen molar-refractivity contribution in [2.24, 2.45) is 0 Å². The predicted octanol–water partition coefficient (Wildman–Crippen LogP) is 3.43. The van der Waals surface area contributed by atoms with Gasteiger partial charge in [0.25, 0.3) is 5.91 Å². The van der Waals surface area contributed by atoms with Gasteiger partial charge in [-0.3, -0.25) is 9.59 Å². The van der Waals surface area contributed by atoms with E-state index in [0.29, 0.717) is 16.7 Å². The van der Waals surface area contributed by atoms with E-state index in [1.807, 2.05) is 0 Å². The molecule has 0 radical (unpaired) electrons. The molecule has 0 aromatic heterocycles. The molecule has 0 unspecified atom stereocenters. The van der Waals surface area contributed by atoms with Crippen LogP contribution in [0.5, 0.6) is 11.5 Å².